The summed E-state index contributed by atoms with van der Waals surface area (Å²) in [4.78, 5) is 12.6. The van der Waals surface area contributed by atoms with E-state index in [0.29, 0.717) is 23.8 Å². The fourth-order valence-electron chi connectivity index (χ4n) is 6.04. The predicted octanol–water partition coefficient (Wildman–Crippen LogP) is 6.22. The van der Waals surface area contributed by atoms with Crippen molar-refractivity contribution in [1.82, 2.24) is 24.3 Å². The lowest BCUT2D eigenvalue weighted by Gasteiger charge is -2.37. The van der Waals surface area contributed by atoms with Gasteiger partial charge in [-0.3, -0.25) is 4.68 Å². The summed E-state index contributed by atoms with van der Waals surface area (Å²) in [7, 11) is 0.708. The van der Waals surface area contributed by atoms with Gasteiger partial charge in [0, 0.05) is 62.7 Å². The maximum atomic E-state index is 9.52. The van der Waals surface area contributed by atoms with Gasteiger partial charge in [-0.05, 0) is 37.8 Å². The lowest BCUT2D eigenvalue weighted by molar-refractivity contribution is 0.0899. The minimum absolute atomic E-state index is 0.139. The van der Waals surface area contributed by atoms with Crippen LogP contribution in [0.25, 0.3) is 33.2 Å². The Labute approximate surface area is 229 Å². The quantitative estimate of drug-likeness (QED) is 0.202. The number of nitriles is 1. The van der Waals surface area contributed by atoms with Crippen LogP contribution >= 0.6 is 11.6 Å². The molecule has 10 heteroatoms. The van der Waals surface area contributed by atoms with Gasteiger partial charge in [-0.2, -0.15) is 10.4 Å². The monoisotopic (exact) mass is 547 g/mol. The molecule has 0 amide bonds. The zero-order valence-electron chi connectivity index (χ0n) is 22.5. The van der Waals surface area contributed by atoms with E-state index in [9.17, 15) is 5.26 Å². The van der Waals surface area contributed by atoms with E-state index in [1.807, 2.05) is 31.6 Å². The Morgan fingerprint density at radius 1 is 1.13 bits per heavy atom. The van der Waals surface area contributed by atoms with Gasteiger partial charge in [0.2, 0.25) is 0 Å². The minimum atomic E-state index is -1.19. The highest BCUT2D eigenvalue weighted by molar-refractivity contribution is 6.76. The van der Waals surface area contributed by atoms with E-state index in [4.69, 9.17) is 26.3 Å². The number of benzene rings is 1. The van der Waals surface area contributed by atoms with Crippen LogP contribution in [0.15, 0.2) is 30.7 Å². The van der Waals surface area contributed by atoms with Crippen LogP contribution in [0.5, 0.6) is 0 Å². The van der Waals surface area contributed by atoms with E-state index in [-0.39, 0.29) is 5.92 Å². The van der Waals surface area contributed by atoms with Gasteiger partial charge in [0.05, 0.1) is 28.7 Å². The van der Waals surface area contributed by atoms with E-state index in [1.165, 1.54) is 0 Å². The number of halogens is 1. The number of hydrogen-bond acceptors (Lipinski definition) is 6. The molecule has 3 aromatic heterocycles. The molecule has 0 unspecified atom stereocenters. The maximum absolute atomic E-state index is 9.52. The zero-order valence-corrected chi connectivity index (χ0v) is 24.2. The number of aryl methyl sites for hydroxylation is 1. The van der Waals surface area contributed by atoms with E-state index >= 15 is 0 Å². The number of rotatable bonds is 7. The van der Waals surface area contributed by atoms with Crippen molar-refractivity contribution in [3.8, 4) is 17.2 Å². The first-order valence-corrected chi connectivity index (χ1v) is 17.5. The molecule has 5 heterocycles. The number of anilines is 1. The lowest BCUT2D eigenvalue weighted by Crippen LogP contribution is -2.43. The molecule has 2 aliphatic heterocycles. The lowest BCUT2D eigenvalue weighted by atomic mass is 9.92. The van der Waals surface area contributed by atoms with E-state index in [2.05, 4.69) is 46.5 Å². The molecular weight excluding hydrogens is 514 g/mol. The summed E-state index contributed by atoms with van der Waals surface area (Å²) in [6.45, 7) is 8.22. The van der Waals surface area contributed by atoms with Gasteiger partial charge in [0.1, 0.15) is 18.1 Å². The second-order valence-electron chi connectivity index (χ2n) is 12.0. The van der Waals surface area contributed by atoms with Crippen molar-refractivity contribution in [3.63, 3.8) is 0 Å². The molecule has 38 heavy (non-hydrogen) atoms. The molecule has 1 aromatic carbocycles. The molecule has 198 valence electrons. The topological polar surface area (TPSA) is 84.8 Å². The van der Waals surface area contributed by atoms with Crippen molar-refractivity contribution in [2.75, 3.05) is 11.5 Å². The van der Waals surface area contributed by atoms with Gasteiger partial charge in [0.25, 0.3) is 0 Å². The molecular formula is C28H34ClN7OSi. The molecule has 6 rings (SSSR count). The summed E-state index contributed by atoms with van der Waals surface area (Å²) in [5.41, 5.74) is 4.33. The second kappa shape index (κ2) is 9.67. The van der Waals surface area contributed by atoms with Crippen molar-refractivity contribution in [2.24, 2.45) is 13.0 Å². The first-order valence-electron chi connectivity index (χ1n) is 13.5. The van der Waals surface area contributed by atoms with Crippen LogP contribution in [-0.4, -0.2) is 51.1 Å². The van der Waals surface area contributed by atoms with Crippen LogP contribution < -0.4 is 4.90 Å². The summed E-state index contributed by atoms with van der Waals surface area (Å²) < 4.78 is 10.0. The number of hydrogen-bond donors (Lipinski definition) is 0. The number of nitrogens with zero attached hydrogens (tertiary/aromatic N) is 7. The third-order valence-electron chi connectivity index (χ3n) is 7.99. The Morgan fingerprint density at radius 3 is 2.61 bits per heavy atom. The first kappa shape index (κ1) is 25.4. The van der Waals surface area contributed by atoms with Crippen LogP contribution in [0.2, 0.25) is 30.7 Å². The molecule has 2 fully saturated rings. The van der Waals surface area contributed by atoms with Crippen LogP contribution in [-0.2, 0) is 18.5 Å². The van der Waals surface area contributed by atoms with Crippen LogP contribution in [0, 0.1) is 17.2 Å². The average molecular weight is 548 g/mol. The standard InChI is InChI=1S/C28H34ClN7OSi/c1-34-15-23-24(33-34)8-7-21(26(23)29)22-16-35(17-37-9-10-38(2,3)4)28-27(22)31-14-25(32-28)36-19-5-6-20(36)12-18(11-19)13-30/h7-8,14-16,18-20H,5-6,9-12,17H2,1-4H3/t18-,19-,20+. The predicted molar refractivity (Wildman–Crippen MR) is 154 cm³/mol. The largest absolute Gasteiger partial charge is 0.361 e. The van der Waals surface area contributed by atoms with Crippen molar-refractivity contribution in [1.29, 1.82) is 5.26 Å². The second-order valence-corrected chi connectivity index (χ2v) is 18.0. The van der Waals surface area contributed by atoms with Crippen molar-refractivity contribution in [2.45, 2.75) is 70.2 Å². The first-order chi connectivity index (χ1) is 18.2. The average Bonchev–Trinajstić information content (AvgIpc) is 3.52. The summed E-state index contributed by atoms with van der Waals surface area (Å²) in [5, 5.41) is 15.6. The van der Waals surface area contributed by atoms with E-state index < -0.39 is 8.07 Å². The number of fused-ring (bicyclic) bond motifs is 4. The highest BCUT2D eigenvalue weighted by atomic mass is 35.5. The number of piperidine rings is 1. The molecule has 0 N–H and O–H groups in total. The Bertz CT molecular complexity index is 1530. The molecule has 2 aliphatic rings. The van der Waals surface area contributed by atoms with Gasteiger partial charge in [-0.15, -0.1) is 0 Å². The van der Waals surface area contributed by atoms with Gasteiger partial charge >= 0.3 is 0 Å². The molecule has 0 radical (unpaired) electrons. The van der Waals surface area contributed by atoms with E-state index in [1.54, 1.807) is 4.68 Å². The molecule has 0 aliphatic carbocycles. The van der Waals surface area contributed by atoms with Crippen molar-refractivity contribution >= 4 is 47.6 Å². The SMILES string of the molecule is Cn1cc2c(Cl)c(-c3cn(COCC[Si](C)(C)C)c4nc(N5[C@@H]6CC[C@H]5C[C@H](C#N)C6)cnc34)ccc2n1. The van der Waals surface area contributed by atoms with Gasteiger partial charge in [0.15, 0.2) is 5.65 Å². The summed E-state index contributed by atoms with van der Waals surface area (Å²) in [5.74, 6) is 1.03. The van der Waals surface area contributed by atoms with Crippen molar-refractivity contribution in [3.05, 3.63) is 35.7 Å². The van der Waals surface area contributed by atoms with Crippen LogP contribution in [0.3, 0.4) is 0 Å². The Kier molecular flexibility index (Phi) is 6.45. The van der Waals surface area contributed by atoms with Gasteiger partial charge < -0.3 is 14.2 Å². The molecule has 8 nitrogen and oxygen atoms in total. The van der Waals surface area contributed by atoms with Gasteiger partial charge in [-0.1, -0.05) is 37.3 Å². The Morgan fingerprint density at radius 2 is 1.89 bits per heavy atom. The van der Waals surface area contributed by atoms with Crippen LogP contribution in [0.1, 0.15) is 25.7 Å². The number of aromatic nitrogens is 5. The Balaban J connectivity index is 1.40. The molecule has 2 bridgehead atoms. The van der Waals surface area contributed by atoms with E-state index in [0.717, 1.165) is 77.3 Å². The highest BCUT2D eigenvalue weighted by Gasteiger charge is 2.41. The van der Waals surface area contributed by atoms with Gasteiger partial charge in [-0.25, -0.2) is 9.97 Å². The molecule has 3 atom stereocenters. The fourth-order valence-corrected chi connectivity index (χ4v) is 7.11. The normalized spacial score (nSPS) is 21.5. The zero-order chi connectivity index (χ0) is 26.6. The molecule has 0 saturated carbocycles. The summed E-state index contributed by atoms with van der Waals surface area (Å²) in [6.07, 6.45) is 9.94. The minimum Gasteiger partial charge on any atom is -0.361 e. The molecule has 4 aromatic rings. The number of ether oxygens (including phenoxy) is 1. The smallest absolute Gasteiger partial charge is 0.163 e. The Hall–Kier alpha value is -2.93. The molecule has 0 spiro atoms. The van der Waals surface area contributed by atoms with Crippen LogP contribution in [0.4, 0.5) is 5.82 Å². The maximum Gasteiger partial charge on any atom is 0.163 e. The molecule has 2 saturated heterocycles. The third kappa shape index (κ3) is 4.59. The highest BCUT2D eigenvalue weighted by Crippen LogP contribution is 2.42. The fraction of sp³-hybridized carbons (Fsp3) is 0.500. The third-order valence-corrected chi connectivity index (χ3v) is 10.1. The summed E-state index contributed by atoms with van der Waals surface area (Å²) >= 11 is 6.93. The van der Waals surface area contributed by atoms with Crippen molar-refractivity contribution < 1.29 is 4.74 Å². The summed E-state index contributed by atoms with van der Waals surface area (Å²) in [6, 6.07) is 8.33.